The summed E-state index contributed by atoms with van der Waals surface area (Å²) in [5, 5.41) is 3.68. The molecule has 0 amide bonds. The van der Waals surface area contributed by atoms with Gasteiger partial charge in [0, 0.05) is 18.9 Å². The lowest BCUT2D eigenvalue weighted by atomic mass is 10.1. The van der Waals surface area contributed by atoms with Crippen LogP contribution < -0.4 is 5.32 Å². The Bertz CT molecular complexity index is 151. The molecule has 4 heteroatoms. The van der Waals surface area contributed by atoms with Gasteiger partial charge in [-0.1, -0.05) is 12.2 Å². The Morgan fingerprint density at radius 1 is 1.73 bits per heavy atom. The van der Waals surface area contributed by atoms with E-state index in [1.807, 2.05) is 11.8 Å². The Kier molecular flexibility index (Phi) is 3.62. The third-order valence-corrected chi connectivity index (χ3v) is 3.35. The third-order valence-electron chi connectivity index (χ3n) is 1.88. The molecule has 1 fully saturated rings. The Labute approximate surface area is 77.1 Å². The van der Waals surface area contributed by atoms with Gasteiger partial charge in [-0.3, -0.25) is 0 Å². The summed E-state index contributed by atoms with van der Waals surface area (Å²) < 4.78 is 5.28. The molecule has 1 heterocycles. The number of methoxy groups -OCH3 is 1. The van der Waals surface area contributed by atoms with Crippen LogP contribution in [0.4, 0.5) is 0 Å². The zero-order valence-corrected chi connectivity index (χ0v) is 8.43. The van der Waals surface area contributed by atoms with E-state index in [2.05, 4.69) is 11.6 Å². The molecule has 64 valence electrons. The normalized spacial score (nSPS) is 31.6. The zero-order valence-electron chi connectivity index (χ0n) is 6.79. The fourth-order valence-corrected chi connectivity index (χ4v) is 2.56. The van der Waals surface area contributed by atoms with E-state index in [-0.39, 0.29) is 6.10 Å². The zero-order chi connectivity index (χ0) is 8.27. The molecule has 0 aromatic carbocycles. The predicted octanol–water partition coefficient (Wildman–Crippen LogP) is 1.05. The van der Waals surface area contributed by atoms with Crippen LogP contribution >= 0.6 is 24.0 Å². The van der Waals surface area contributed by atoms with Crippen molar-refractivity contribution in [1.29, 1.82) is 0 Å². The first kappa shape index (κ1) is 9.29. The Morgan fingerprint density at radius 2 is 2.45 bits per heavy atom. The summed E-state index contributed by atoms with van der Waals surface area (Å²) in [7, 11) is 1.72. The van der Waals surface area contributed by atoms with Crippen molar-refractivity contribution in [3.05, 3.63) is 0 Å². The highest BCUT2D eigenvalue weighted by Crippen LogP contribution is 2.20. The minimum absolute atomic E-state index is 0.119. The molecule has 0 unspecified atom stereocenters. The summed E-state index contributed by atoms with van der Waals surface area (Å²) in [6.07, 6.45) is 3.36. The summed E-state index contributed by atoms with van der Waals surface area (Å²) >= 11 is 6.95. The van der Waals surface area contributed by atoms with Gasteiger partial charge in [0.25, 0.3) is 0 Å². The molecule has 1 saturated heterocycles. The first-order chi connectivity index (χ1) is 5.29. The fraction of sp³-hybridized carbons (Fsp3) is 0.857. The maximum atomic E-state index is 5.28. The number of thioether (sulfide) groups is 1. The maximum absolute atomic E-state index is 5.28. The van der Waals surface area contributed by atoms with E-state index in [1.165, 1.54) is 0 Å². The molecule has 0 bridgehead atoms. The summed E-state index contributed by atoms with van der Waals surface area (Å²) in [4.78, 5) is 0.859. The van der Waals surface area contributed by atoms with E-state index in [0.29, 0.717) is 5.25 Å². The number of piperidine rings is 1. The maximum Gasteiger partial charge on any atom is 0.119 e. The van der Waals surface area contributed by atoms with Crippen molar-refractivity contribution in [2.24, 2.45) is 0 Å². The van der Waals surface area contributed by atoms with Crippen LogP contribution in [-0.4, -0.2) is 36.3 Å². The average molecular weight is 191 g/mol. The molecule has 0 spiro atoms. The molecule has 0 radical (unpaired) electrons. The SMILES string of the molecule is CO[C@@H]1C(=S)NCC[C@H]1SC. The van der Waals surface area contributed by atoms with Crippen LogP contribution in [0.2, 0.25) is 0 Å². The van der Waals surface area contributed by atoms with Gasteiger partial charge in [0.15, 0.2) is 0 Å². The predicted molar refractivity (Wildman–Crippen MR) is 53.3 cm³/mol. The van der Waals surface area contributed by atoms with Gasteiger partial charge in [0.2, 0.25) is 0 Å². The summed E-state index contributed by atoms with van der Waals surface area (Å²) in [6.45, 7) is 0.990. The van der Waals surface area contributed by atoms with Crippen molar-refractivity contribution in [1.82, 2.24) is 5.32 Å². The third kappa shape index (κ3) is 2.07. The monoisotopic (exact) mass is 191 g/mol. The second-order valence-corrected chi connectivity index (χ2v) is 4.03. The highest BCUT2D eigenvalue weighted by Gasteiger charge is 2.27. The molecule has 0 aromatic rings. The molecule has 1 N–H and O–H groups in total. The molecule has 2 atom stereocenters. The number of hydrogen-bond donors (Lipinski definition) is 1. The van der Waals surface area contributed by atoms with Crippen molar-refractivity contribution in [2.45, 2.75) is 17.8 Å². The van der Waals surface area contributed by atoms with Gasteiger partial charge in [0.1, 0.15) is 11.1 Å². The van der Waals surface area contributed by atoms with Crippen LogP contribution in [0.3, 0.4) is 0 Å². The Balaban J connectivity index is 2.56. The van der Waals surface area contributed by atoms with Gasteiger partial charge in [-0.05, 0) is 12.7 Å². The second kappa shape index (κ2) is 4.28. The molecule has 0 aromatic heterocycles. The molecule has 0 saturated carbocycles. The molecular weight excluding hydrogens is 178 g/mol. The van der Waals surface area contributed by atoms with Crippen LogP contribution in [0, 0.1) is 0 Å². The first-order valence-electron chi connectivity index (χ1n) is 3.63. The molecule has 2 nitrogen and oxygen atoms in total. The van der Waals surface area contributed by atoms with E-state index in [0.717, 1.165) is 18.0 Å². The van der Waals surface area contributed by atoms with Crippen LogP contribution in [0.5, 0.6) is 0 Å². The van der Waals surface area contributed by atoms with Gasteiger partial charge < -0.3 is 10.1 Å². The Morgan fingerprint density at radius 3 is 2.91 bits per heavy atom. The molecule has 1 rings (SSSR count). The number of thiocarbonyl (C=S) groups is 1. The lowest BCUT2D eigenvalue weighted by Gasteiger charge is -2.30. The minimum atomic E-state index is 0.119. The molecule has 0 aliphatic carbocycles. The molecular formula is C7H13NOS2. The van der Waals surface area contributed by atoms with Gasteiger partial charge in [-0.15, -0.1) is 0 Å². The van der Waals surface area contributed by atoms with Gasteiger partial charge in [0.05, 0.1) is 0 Å². The van der Waals surface area contributed by atoms with E-state index in [1.54, 1.807) is 7.11 Å². The van der Waals surface area contributed by atoms with E-state index >= 15 is 0 Å². The Hall–Kier alpha value is 0.200. The van der Waals surface area contributed by atoms with E-state index in [4.69, 9.17) is 17.0 Å². The quantitative estimate of drug-likeness (QED) is 0.658. The van der Waals surface area contributed by atoms with Crippen LogP contribution in [-0.2, 0) is 4.74 Å². The lowest BCUT2D eigenvalue weighted by molar-refractivity contribution is 0.144. The lowest BCUT2D eigenvalue weighted by Crippen LogP contribution is -2.47. The van der Waals surface area contributed by atoms with E-state index < -0.39 is 0 Å². The van der Waals surface area contributed by atoms with Crippen molar-refractivity contribution in [3.8, 4) is 0 Å². The first-order valence-corrected chi connectivity index (χ1v) is 5.32. The minimum Gasteiger partial charge on any atom is -0.377 e. The van der Waals surface area contributed by atoms with Crippen molar-refractivity contribution < 1.29 is 4.74 Å². The molecule has 1 aliphatic rings. The van der Waals surface area contributed by atoms with Crippen molar-refractivity contribution >= 4 is 29.0 Å². The highest BCUT2D eigenvalue weighted by atomic mass is 32.2. The fourth-order valence-electron chi connectivity index (χ4n) is 1.26. The van der Waals surface area contributed by atoms with Crippen LogP contribution in [0.15, 0.2) is 0 Å². The van der Waals surface area contributed by atoms with Gasteiger partial charge >= 0.3 is 0 Å². The van der Waals surface area contributed by atoms with Crippen LogP contribution in [0.1, 0.15) is 6.42 Å². The topological polar surface area (TPSA) is 21.3 Å². The van der Waals surface area contributed by atoms with Gasteiger partial charge in [-0.25, -0.2) is 0 Å². The molecule has 11 heavy (non-hydrogen) atoms. The summed E-state index contributed by atoms with van der Waals surface area (Å²) in [5.74, 6) is 0. The number of nitrogens with one attached hydrogen (secondary N) is 1. The highest BCUT2D eigenvalue weighted by molar-refractivity contribution is 7.99. The van der Waals surface area contributed by atoms with Gasteiger partial charge in [-0.2, -0.15) is 11.8 Å². The van der Waals surface area contributed by atoms with E-state index in [9.17, 15) is 0 Å². The number of ether oxygens (including phenoxy) is 1. The molecule has 1 aliphatic heterocycles. The summed E-state index contributed by atoms with van der Waals surface area (Å²) in [5.41, 5.74) is 0. The largest absolute Gasteiger partial charge is 0.377 e. The number of rotatable bonds is 2. The summed E-state index contributed by atoms with van der Waals surface area (Å²) in [6, 6.07) is 0. The smallest absolute Gasteiger partial charge is 0.119 e. The van der Waals surface area contributed by atoms with Crippen molar-refractivity contribution in [3.63, 3.8) is 0 Å². The van der Waals surface area contributed by atoms with Crippen LogP contribution in [0.25, 0.3) is 0 Å². The van der Waals surface area contributed by atoms with Crippen molar-refractivity contribution in [2.75, 3.05) is 19.9 Å². The average Bonchev–Trinajstić information content (AvgIpc) is 2.04. The standard InChI is InChI=1S/C7H13NOS2/c1-9-6-5(11-2)3-4-8-7(6)10/h5-6H,3-4H2,1-2H3,(H,8,10)/t5-,6+/m1/s1. The number of hydrogen-bond acceptors (Lipinski definition) is 3. The second-order valence-electron chi connectivity index (χ2n) is 2.51.